The molecule has 4 rings (SSSR count). The number of aromatic nitrogens is 2. The van der Waals surface area contributed by atoms with Crippen molar-refractivity contribution in [3.8, 4) is 0 Å². The van der Waals surface area contributed by atoms with Crippen LogP contribution in [0.15, 0.2) is 73.1 Å². The lowest BCUT2D eigenvalue weighted by atomic mass is 10.0. The van der Waals surface area contributed by atoms with E-state index in [-0.39, 0.29) is 11.9 Å². The number of benzene rings is 2. The van der Waals surface area contributed by atoms with E-state index in [4.69, 9.17) is 4.74 Å². The smallest absolute Gasteiger partial charge is 0.251 e. The Morgan fingerprint density at radius 2 is 1.79 bits per heavy atom. The first-order valence-electron chi connectivity index (χ1n) is 10.0. The van der Waals surface area contributed by atoms with Crippen LogP contribution in [-0.2, 0) is 11.3 Å². The van der Waals surface area contributed by atoms with Crippen LogP contribution in [0.2, 0.25) is 0 Å². The number of morpholine rings is 1. The second-order valence-electron chi connectivity index (χ2n) is 7.25. The molecule has 1 unspecified atom stereocenters. The Kier molecular flexibility index (Phi) is 6.34. The SMILES string of the molecule is O=C(NC(CN1CCOCC1)c1ccccc1)c1ccc(Cn2cccn2)cc1. The van der Waals surface area contributed by atoms with Crippen LogP contribution in [0, 0.1) is 0 Å². The van der Waals surface area contributed by atoms with E-state index in [0.717, 1.165) is 44.0 Å². The molecule has 1 atom stereocenters. The molecule has 150 valence electrons. The number of hydrogen-bond donors (Lipinski definition) is 1. The van der Waals surface area contributed by atoms with E-state index in [2.05, 4.69) is 27.4 Å². The molecule has 0 saturated carbocycles. The van der Waals surface area contributed by atoms with Crippen molar-refractivity contribution in [2.24, 2.45) is 0 Å². The van der Waals surface area contributed by atoms with Crippen molar-refractivity contribution in [1.82, 2.24) is 20.0 Å². The largest absolute Gasteiger partial charge is 0.379 e. The average molecular weight is 390 g/mol. The van der Waals surface area contributed by atoms with Crippen molar-refractivity contribution >= 4 is 5.91 Å². The van der Waals surface area contributed by atoms with Gasteiger partial charge in [-0.2, -0.15) is 5.10 Å². The second kappa shape index (κ2) is 9.49. The van der Waals surface area contributed by atoms with Crippen molar-refractivity contribution in [2.75, 3.05) is 32.8 Å². The quantitative estimate of drug-likeness (QED) is 0.674. The predicted molar refractivity (Wildman–Crippen MR) is 112 cm³/mol. The molecule has 1 fully saturated rings. The normalized spacial score (nSPS) is 15.7. The third-order valence-corrected chi connectivity index (χ3v) is 5.17. The lowest BCUT2D eigenvalue weighted by Gasteiger charge is -2.31. The number of nitrogens with one attached hydrogen (secondary N) is 1. The maximum absolute atomic E-state index is 12.9. The first kappa shape index (κ1) is 19.4. The predicted octanol–water partition coefficient (Wildman–Crippen LogP) is 2.73. The molecule has 1 aliphatic rings. The minimum absolute atomic E-state index is 0.0576. The monoisotopic (exact) mass is 390 g/mol. The van der Waals surface area contributed by atoms with Crippen LogP contribution in [0.3, 0.4) is 0 Å². The van der Waals surface area contributed by atoms with Gasteiger partial charge >= 0.3 is 0 Å². The van der Waals surface area contributed by atoms with Gasteiger partial charge in [-0.1, -0.05) is 42.5 Å². The van der Waals surface area contributed by atoms with Crippen molar-refractivity contribution < 1.29 is 9.53 Å². The topological polar surface area (TPSA) is 59.4 Å². The fourth-order valence-electron chi connectivity index (χ4n) is 3.55. The number of hydrogen-bond acceptors (Lipinski definition) is 4. The lowest BCUT2D eigenvalue weighted by molar-refractivity contribution is 0.0332. The van der Waals surface area contributed by atoms with E-state index >= 15 is 0 Å². The minimum Gasteiger partial charge on any atom is -0.379 e. The summed E-state index contributed by atoms with van der Waals surface area (Å²) in [5.74, 6) is -0.0576. The van der Waals surface area contributed by atoms with Crippen LogP contribution in [0.1, 0.15) is 27.5 Å². The third-order valence-electron chi connectivity index (χ3n) is 5.17. The molecule has 0 spiro atoms. The number of rotatable bonds is 7. The van der Waals surface area contributed by atoms with Crippen molar-refractivity contribution in [3.05, 3.63) is 89.7 Å². The minimum atomic E-state index is -0.0643. The van der Waals surface area contributed by atoms with Crippen molar-refractivity contribution in [3.63, 3.8) is 0 Å². The number of nitrogens with zero attached hydrogens (tertiary/aromatic N) is 3. The highest BCUT2D eigenvalue weighted by molar-refractivity contribution is 5.94. The molecular weight excluding hydrogens is 364 g/mol. The zero-order valence-corrected chi connectivity index (χ0v) is 16.4. The molecule has 1 saturated heterocycles. The van der Waals surface area contributed by atoms with Gasteiger partial charge in [0.05, 0.1) is 25.8 Å². The summed E-state index contributed by atoms with van der Waals surface area (Å²) in [6.45, 7) is 4.73. The number of carbonyl (C=O) groups is 1. The van der Waals surface area contributed by atoms with E-state index < -0.39 is 0 Å². The Hall–Kier alpha value is -2.96. The zero-order valence-electron chi connectivity index (χ0n) is 16.4. The number of ether oxygens (including phenoxy) is 1. The van der Waals surface area contributed by atoms with E-state index in [1.165, 1.54) is 0 Å². The van der Waals surface area contributed by atoms with Crippen LogP contribution in [-0.4, -0.2) is 53.4 Å². The van der Waals surface area contributed by atoms with Gasteiger partial charge in [0, 0.05) is 37.6 Å². The number of amides is 1. The van der Waals surface area contributed by atoms with Gasteiger partial charge in [0.2, 0.25) is 0 Å². The maximum Gasteiger partial charge on any atom is 0.251 e. The van der Waals surface area contributed by atoms with Crippen LogP contribution < -0.4 is 5.32 Å². The van der Waals surface area contributed by atoms with E-state index in [9.17, 15) is 4.79 Å². The summed E-state index contributed by atoms with van der Waals surface area (Å²) >= 11 is 0. The highest BCUT2D eigenvalue weighted by atomic mass is 16.5. The summed E-state index contributed by atoms with van der Waals surface area (Å²) in [7, 11) is 0. The summed E-state index contributed by atoms with van der Waals surface area (Å²) in [5.41, 5.74) is 2.89. The van der Waals surface area contributed by atoms with Gasteiger partial charge in [-0.25, -0.2) is 0 Å². The van der Waals surface area contributed by atoms with Crippen LogP contribution in [0.5, 0.6) is 0 Å². The molecule has 1 aliphatic heterocycles. The van der Waals surface area contributed by atoms with Gasteiger partial charge in [-0.3, -0.25) is 14.4 Å². The maximum atomic E-state index is 12.9. The summed E-state index contributed by atoms with van der Waals surface area (Å²) in [4.78, 5) is 15.3. The Bertz CT molecular complexity index is 888. The van der Waals surface area contributed by atoms with Gasteiger partial charge in [-0.15, -0.1) is 0 Å². The van der Waals surface area contributed by atoms with Crippen LogP contribution in [0.25, 0.3) is 0 Å². The molecule has 6 heteroatoms. The Morgan fingerprint density at radius 1 is 1.03 bits per heavy atom. The van der Waals surface area contributed by atoms with Crippen LogP contribution >= 0.6 is 0 Å². The second-order valence-corrected chi connectivity index (χ2v) is 7.25. The molecule has 2 heterocycles. The highest BCUT2D eigenvalue weighted by Gasteiger charge is 2.20. The van der Waals surface area contributed by atoms with E-state index in [1.54, 1.807) is 6.20 Å². The van der Waals surface area contributed by atoms with E-state index in [0.29, 0.717) is 12.1 Å². The molecule has 1 amide bonds. The van der Waals surface area contributed by atoms with Gasteiger partial charge in [-0.05, 0) is 29.3 Å². The summed E-state index contributed by atoms with van der Waals surface area (Å²) in [6.07, 6.45) is 3.69. The summed E-state index contributed by atoms with van der Waals surface area (Å²) in [5, 5.41) is 7.44. The molecule has 29 heavy (non-hydrogen) atoms. The fraction of sp³-hybridized carbons (Fsp3) is 0.304. The molecule has 3 aromatic rings. The zero-order chi connectivity index (χ0) is 19.9. The summed E-state index contributed by atoms with van der Waals surface area (Å²) in [6, 6.07) is 19.7. The van der Waals surface area contributed by atoms with Crippen LogP contribution in [0.4, 0.5) is 0 Å². The average Bonchev–Trinajstić information content (AvgIpc) is 3.28. The molecule has 2 aromatic carbocycles. The molecule has 1 aromatic heterocycles. The van der Waals surface area contributed by atoms with Crippen molar-refractivity contribution in [1.29, 1.82) is 0 Å². The number of carbonyl (C=O) groups excluding carboxylic acids is 1. The Labute approximate surface area is 171 Å². The lowest BCUT2D eigenvalue weighted by Crippen LogP contribution is -2.43. The Morgan fingerprint density at radius 3 is 2.48 bits per heavy atom. The fourth-order valence-corrected chi connectivity index (χ4v) is 3.55. The summed E-state index contributed by atoms with van der Waals surface area (Å²) < 4.78 is 7.31. The van der Waals surface area contributed by atoms with Crippen molar-refractivity contribution in [2.45, 2.75) is 12.6 Å². The molecule has 0 radical (unpaired) electrons. The van der Waals surface area contributed by atoms with Gasteiger partial charge in [0.15, 0.2) is 0 Å². The molecular formula is C23H26N4O2. The molecule has 0 aliphatic carbocycles. The third kappa shape index (κ3) is 5.31. The molecule has 0 bridgehead atoms. The molecule has 1 N–H and O–H groups in total. The van der Waals surface area contributed by atoms with Gasteiger partial charge < -0.3 is 10.1 Å². The first-order valence-corrected chi connectivity index (χ1v) is 10.0. The molecule has 6 nitrogen and oxygen atoms in total. The standard InChI is InChI=1S/C23H26N4O2/c28-23(21-9-7-19(8-10-21)17-27-12-4-11-24-27)25-22(20-5-2-1-3-6-20)18-26-13-15-29-16-14-26/h1-12,22H,13-18H2,(H,25,28). The van der Waals surface area contributed by atoms with Gasteiger partial charge in [0.25, 0.3) is 5.91 Å². The first-order chi connectivity index (χ1) is 14.3. The van der Waals surface area contributed by atoms with E-state index in [1.807, 2.05) is 59.4 Å². The Balaban J connectivity index is 1.44. The van der Waals surface area contributed by atoms with Gasteiger partial charge in [0.1, 0.15) is 0 Å². The highest BCUT2D eigenvalue weighted by Crippen LogP contribution is 2.17.